The van der Waals surface area contributed by atoms with Gasteiger partial charge in [0.15, 0.2) is 0 Å². The molecule has 0 aliphatic carbocycles. The molecule has 10 rings (SSSR count). The van der Waals surface area contributed by atoms with Gasteiger partial charge in [-0.05, 0) is 92.9 Å². The molecule has 48 heavy (non-hydrogen) atoms. The molecule has 0 unspecified atom stereocenters. The molecule has 1 aromatic heterocycles. The largest absolute Gasteiger partial charge is 0.456 e. The molecule has 0 saturated carbocycles. The number of hydrogen-bond acceptors (Lipinski definition) is 1. The quantitative estimate of drug-likeness (QED) is 0.192. The van der Waals surface area contributed by atoms with E-state index in [1.165, 1.54) is 21.8 Å². The summed E-state index contributed by atoms with van der Waals surface area (Å²) in [4.78, 5) is 0. The predicted octanol–water partition coefficient (Wildman–Crippen LogP) is 12.7. The first-order chi connectivity index (χ1) is 25.9. The third-order valence-electron chi connectivity index (χ3n) is 9.50. The minimum Gasteiger partial charge on any atom is -0.456 e. The lowest BCUT2D eigenvalue weighted by Crippen LogP contribution is -1.98. The van der Waals surface area contributed by atoms with Gasteiger partial charge in [0.2, 0.25) is 0 Å². The lowest BCUT2D eigenvalue weighted by atomic mass is 9.89. The minimum absolute atomic E-state index is 0.181. The van der Waals surface area contributed by atoms with E-state index >= 15 is 0 Å². The monoisotopic (exact) mass is 616 g/mol. The Hall–Kier alpha value is -6.38. The Morgan fingerprint density at radius 1 is 0.417 bits per heavy atom. The van der Waals surface area contributed by atoms with E-state index in [4.69, 9.17) is 11.6 Å². The van der Waals surface area contributed by atoms with Gasteiger partial charge in [0.25, 0.3) is 0 Å². The average Bonchev–Trinajstić information content (AvgIpc) is 3.54. The molecule has 1 aliphatic heterocycles. The van der Waals surface area contributed by atoms with Crippen molar-refractivity contribution in [1.82, 2.24) is 4.57 Å². The summed E-state index contributed by atoms with van der Waals surface area (Å²) in [5.74, 6) is 1.41. The second-order valence-corrected chi connectivity index (χ2v) is 12.1. The SMILES string of the molecule is [2H]c1c([2H])c([2H])c(-c2ccc3c4c(cccc24)-c2cc(-c4ccc(-c5ccc6c(c5)c5ccccc5n6-c5ccccc5)cc4)ccc2O3)c([2H])c1[2H]. The molecule has 1 aliphatic rings. The number of fused-ring (bicyclic) bond motifs is 5. The molecule has 0 amide bonds. The number of nitrogens with zero attached hydrogens (tertiary/aromatic N) is 1. The van der Waals surface area contributed by atoms with E-state index in [1.807, 2.05) is 30.3 Å². The van der Waals surface area contributed by atoms with Crippen molar-refractivity contribution in [2.75, 3.05) is 0 Å². The smallest absolute Gasteiger partial charge is 0.135 e. The van der Waals surface area contributed by atoms with Gasteiger partial charge in [-0.25, -0.2) is 0 Å². The topological polar surface area (TPSA) is 14.2 Å². The predicted molar refractivity (Wildman–Crippen MR) is 200 cm³/mol. The molecule has 9 aromatic rings. The van der Waals surface area contributed by atoms with Gasteiger partial charge in [-0.2, -0.15) is 0 Å². The van der Waals surface area contributed by atoms with Gasteiger partial charge in [0, 0.05) is 27.4 Å². The maximum Gasteiger partial charge on any atom is 0.135 e. The zero-order valence-electron chi connectivity index (χ0n) is 30.7. The van der Waals surface area contributed by atoms with Crippen molar-refractivity contribution in [2.24, 2.45) is 0 Å². The second-order valence-electron chi connectivity index (χ2n) is 12.1. The molecule has 0 radical (unpaired) electrons. The Bertz CT molecular complexity index is 2940. The number of rotatable bonds is 4. The molecule has 0 spiro atoms. The maximum absolute atomic E-state index is 8.62. The van der Waals surface area contributed by atoms with Crippen molar-refractivity contribution in [3.8, 4) is 61.7 Å². The lowest BCUT2D eigenvalue weighted by molar-refractivity contribution is 0.487. The van der Waals surface area contributed by atoms with E-state index in [1.54, 1.807) is 6.07 Å². The van der Waals surface area contributed by atoms with Crippen LogP contribution in [0, 0.1) is 0 Å². The minimum atomic E-state index is -0.405. The van der Waals surface area contributed by atoms with Crippen molar-refractivity contribution in [3.63, 3.8) is 0 Å². The van der Waals surface area contributed by atoms with E-state index in [0.29, 0.717) is 11.3 Å². The molecule has 224 valence electrons. The molecule has 8 aromatic carbocycles. The number of ether oxygens (including phenoxy) is 1. The van der Waals surface area contributed by atoms with E-state index in [-0.39, 0.29) is 29.7 Å². The molecule has 0 atom stereocenters. The van der Waals surface area contributed by atoms with Gasteiger partial charge in [0.1, 0.15) is 11.5 Å². The van der Waals surface area contributed by atoms with Crippen molar-refractivity contribution < 1.29 is 11.6 Å². The van der Waals surface area contributed by atoms with Crippen molar-refractivity contribution >= 4 is 32.6 Å². The first kappa shape index (κ1) is 22.2. The Kier molecular flexibility index (Phi) is 4.89. The third kappa shape index (κ3) is 4.13. The van der Waals surface area contributed by atoms with Crippen LogP contribution in [0.3, 0.4) is 0 Å². The molecule has 0 N–H and O–H groups in total. The Balaban J connectivity index is 1.04. The van der Waals surface area contributed by atoms with Crippen LogP contribution in [0.15, 0.2) is 176 Å². The summed E-state index contributed by atoms with van der Waals surface area (Å²) in [6.07, 6.45) is 0. The van der Waals surface area contributed by atoms with Gasteiger partial charge >= 0.3 is 0 Å². The van der Waals surface area contributed by atoms with Crippen LogP contribution in [-0.4, -0.2) is 4.57 Å². The molecule has 2 heteroatoms. The van der Waals surface area contributed by atoms with E-state index in [9.17, 15) is 0 Å². The van der Waals surface area contributed by atoms with Crippen LogP contribution in [0.4, 0.5) is 0 Å². The third-order valence-corrected chi connectivity index (χ3v) is 9.50. The van der Waals surface area contributed by atoms with Crippen molar-refractivity contribution in [2.45, 2.75) is 0 Å². The summed E-state index contributed by atoms with van der Waals surface area (Å²) < 4.78 is 50.6. The number of para-hydroxylation sites is 2. The summed E-state index contributed by atoms with van der Waals surface area (Å²) in [5, 5.41) is 4.05. The Morgan fingerprint density at radius 3 is 1.92 bits per heavy atom. The van der Waals surface area contributed by atoms with Crippen molar-refractivity contribution in [1.29, 1.82) is 0 Å². The van der Waals surface area contributed by atoms with Crippen molar-refractivity contribution in [3.05, 3.63) is 176 Å². The summed E-state index contributed by atoms with van der Waals surface area (Å²) in [6, 6.07) is 48.6. The van der Waals surface area contributed by atoms with Crippen LogP contribution >= 0.6 is 0 Å². The van der Waals surface area contributed by atoms with Crippen LogP contribution in [0.5, 0.6) is 11.5 Å². The summed E-state index contributed by atoms with van der Waals surface area (Å²) >= 11 is 0. The summed E-state index contributed by atoms with van der Waals surface area (Å²) in [5.41, 5.74) is 10.5. The number of aromatic nitrogens is 1. The Labute approximate surface area is 285 Å². The van der Waals surface area contributed by atoms with Crippen LogP contribution in [0.25, 0.3) is 82.8 Å². The highest BCUT2D eigenvalue weighted by molar-refractivity contribution is 6.11. The van der Waals surface area contributed by atoms with Gasteiger partial charge < -0.3 is 9.30 Å². The molecule has 0 bridgehead atoms. The highest BCUT2D eigenvalue weighted by atomic mass is 16.5. The van der Waals surface area contributed by atoms with Crippen LogP contribution < -0.4 is 4.74 Å². The van der Waals surface area contributed by atoms with Gasteiger partial charge in [0.05, 0.1) is 17.9 Å². The molecule has 2 nitrogen and oxygen atoms in total. The van der Waals surface area contributed by atoms with Crippen LogP contribution in [-0.2, 0) is 0 Å². The van der Waals surface area contributed by atoms with E-state index in [2.05, 4.69) is 114 Å². The highest BCUT2D eigenvalue weighted by Gasteiger charge is 2.22. The summed E-state index contributed by atoms with van der Waals surface area (Å²) in [7, 11) is 0. The fourth-order valence-corrected chi connectivity index (χ4v) is 7.28. The molecular formula is C46H29NO. The maximum atomic E-state index is 8.62. The fourth-order valence-electron chi connectivity index (χ4n) is 7.28. The van der Waals surface area contributed by atoms with Gasteiger partial charge in [-0.3, -0.25) is 0 Å². The molecule has 2 heterocycles. The lowest BCUT2D eigenvalue weighted by Gasteiger charge is -2.23. The fraction of sp³-hybridized carbons (Fsp3) is 0. The zero-order chi connectivity index (χ0) is 36.0. The zero-order valence-corrected chi connectivity index (χ0v) is 25.7. The second kappa shape index (κ2) is 10.6. The Morgan fingerprint density at radius 2 is 1.08 bits per heavy atom. The van der Waals surface area contributed by atoms with E-state index < -0.39 is 6.04 Å². The normalized spacial score (nSPS) is 13.4. The average molecular weight is 617 g/mol. The standard InChI is InChI=1S/C46H29NO/c1-3-10-32(11-4-1)36-24-27-45-46-38(36)15-9-16-39(46)41-29-34(23-26-44(41)48-45)31-20-18-30(19-21-31)33-22-25-43-40(28-33)37-14-7-8-17-42(37)47(43)35-12-5-2-6-13-35/h1-29H/i1D,3D,4D,10D,11D. The molecular weight excluding hydrogens is 583 g/mol. The van der Waals surface area contributed by atoms with Gasteiger partial charge in [-0.1, -0.05) is 127 Å². The molecule has 0 fully saturated rings. The highest BCUT2D eigenvalue weighted by Crippen LogP contribution is 2.49. The van der Waals surface area contributed by atoms with Gasteiger partial charge in [-0.15, -0.1) is 0 Å². The molecule has 0 saturated heterocycles. The van der Waals surface area contributed by atoms with E-state index in [0.717, 1.165) is 55.6 Å². The first-order valence-electron chi connectivity index (χ1n) is 18.5. The number of hydrogen-bond donors (Lipinski definition) is 0. The van der Waals surface area contributed by atoms with Crippen LogP contribution in [0.2, 0.25) is 0 Å². The summed E-state index contributed by atoms with van der Waals surface area (Å²) in [6.45, 7) is 0. The first-order valence-corrected chi connectivity index (χ1v) is 16.0. The number of benzene rings is 8. The van der Waals surface area contributed by atoms with Crippen LogP contribution in [0.1, 0.15) is 6.85 Å².